The molecule has 1 aromatic heterocycles. The Kier molecular flexibility index (Phi) is 14.1. The summed E-state index contributed by atoms with van der Waals surface area (Å²) in [6, 6.07) is 22.8. The number of rotatable bonds is 20. The molecule has 1 atom stereocenters. The molecule has 0 bridgehead atoms. The third kappa shape index (κ3) is 9.77. The average Bonchev–Trinajstić information content (AvgIpc) is 3.49. The number of allylic oxidation sites excluding steroid dienone is 4. The predicted molar refractivity (Wildman–Crippen MR) is 184 cm³/mol. The first-order valence-corrected chi connectivity index (χ1v) is 19.0. The Morgan fingerprint density at radius 2 is 1.33 bits per heavy atom. The van der Waals surface area contributed by atoms with Crippen molar-refractivity contribution in [3.05, 3.63) is 96.1 Å². The Balaban J connectivity index is 1.20. The number of aromatic nitrogens is 3. The van der Waals surface area contributed by atoms with Crippen molar-refractivity contribution in [1.82, 2.24) is 15.0 Å². The van der Waals surface area contributed by atoms with Crippen LogP contribution in [-0.2, 0) is 13.0 Å². The summed E-state index contributed by atoms with van der Waals surface area (Å²) in [5.74, 6) is 0.638. The first-order valence-electron chi connectivity index (χ1n) is 17.0. The van der Waals surface area contributed by atoms with E-state index >= 15 is 0 Å². The maximum Gasteiger partial charge on any atom is 0.111 e. The van der Waals surface area contributed by atoms with Crippen molar-refractivity contribution >= 4 is 17.9 Å². The van der Waals surface area contributed by atoms with Crippen molar-refractivity contribution in [3.63, 3.8) is 0 Å². The van der Waals surface area contributed by atoms with Crippen molar-refractivity contribution < 1.29 is 0 Å². The molecule has 0 saturated carbocycles. The molecule has 3 aromatic rings. The van der Waals surface area contributed by atoms with E-state index in [-0.39, 0.29) is 0 Å². The van der Waals surface area contributed by atoms with Crippen LogP contribution in [-0.4, -0.2) is 21.2 Å². The van der Waals surface area contributed by atoms with Gasteiger partial charge in [-0.2, -0.15) is 0 Å². The fourth-order valence-electron chi connectivity index (χ4n) is 6.35. The van der Waals surface area contributed by atoms with E-state index in [1.54, 1.807) is 5.31 Å². The Morgan fingerprint density at radius 3 is 1.95 bits per heavy atom. The molecule has 4 rings (SSSR count). The number of hydrogen-bond donors (Lipinski definition) is 0. The minimum atomic E-state index is -1.66. The molecular weight excluding hydrogens is 529 g/mol. The summed E-state index contributed by atoms with van der Waals surface area (Å²) in [7, 11) is -1.66. The summed E-state index contributed by atoms with van der Waals surface area (Å²) in [5, 5.41) is 13.4. The van der Waals surface area contributed by atoms with Crippen LogP contribution in [0.1, 0.15) is 109 Å². The van der Waals surface area contributed by atoms with E-state index in [1.165, 1.54) is 106 Å². The van der Waals surface area contributed by atoms with Gasteiger partial charge in [-0.3, -0.25) is 4.68 Å². The van der Waals surface area contributed by atoms with Gasteiger partial charge in [-0.05, 0) is 80.9 Å². The molecule has 1 heterocycles. The second-order valence-electron chi connectivity index (χ2n) is 12.4. The molecule has 0 aliphatic heterocycles. The fraction of sp³-hybridized carbons (Fsp3) is 0.526. The SMILES string of the molecule is CCCCCCCCc1cn(CCCCCCCCC[P+](C2=CCC(C)C=C2)(c2ccccc2)c2ccccc2)nn1. The third-order valence-corrected chi connectivity index (χ3v) is 13.4. The normalized spacial score (nSPS) is 15.2. The molecule has 3 nitrogen and oxygen atoms in total. The lowest BCUT2D eigenvalue weighted by Crippen LogP contribution is -2.26. The summed E-state index contributed by atoms with van der Waals surface area (Å²) in [6.07, 6.45) is 30.2. The van der Waals surface area contributed by atoms with Gasteiger partial charge < -0.3 is 0 Å². The zero-order valence-electron chi connectivity index (χ0n) is 26.5. The zero-order valence-corrected chi connectivity index (χ0v) is 27.4. The first-order chi connectivity index (χ1) is 20.7. The number of hydrogen-bond acceptors (Lipinski definition) is 2. The smallest absolute Gasteiger partial charge is 0.111 e. The summed E-state index contributed by atoms with van der Waals surface area (Å²) in [6.45, 7) is 5.61. The lowest BCUT2D eigenvalue weighted by atomic mass is 10.0. The molecule has 0 saturated heterocycles. The van der Waals surface area contributed by atoms with E-state index in [1.807, 2.05) is 0 Å². The Morgan fingerprint density at radius 1 is 0.738 bits per heavy atom. The van der Waals surface area contributed by atoms with Gasteiger partial charge in [0.1, 0.15) is 23.2 Å². The standard InChI is InChI=1S/C38H55N3P/c1-3-4-5-6-10-15-22-35-33-41(40-39-35)31-20-11-8-7-9-12-21-32-42(36-23-16-13-17-24-36,37-25-18-14-19-26-37)38-29-27-34(2)28-30-38/h13-14,16-19,23-27,29-30,33-34H,3-12,15,20-22,28,31-32H2,1-2H3/q+1. The average molecular weight is 585 g/mol. The number of unbranched alkanes of at least 4 members (excludes halogenated alkanes) is 11. The van der Waals surface area contributed by atoms with Crippen molar-refractivity contribution in [3.8, 4) is 0 Å². The van der Waals surface area contributed by atoms with Gasteiger partial charge in [-0.1, -0.05) is 119 Å². The molecule has 0 N–H and O–H groups in total. The molecule has 226 valence electrons. The van der Waals surface area contributed by atoms with Gasteiger partial charge in [0.15, 0.2) is 0 Å². The van der Waals surface area contributed by atoms with Gasteiger partial charge in [-0.15, -0.1) is 5.10 Å². The van der Waals surface area contributed by atoms with Crippen LogP contribution in [0.4, 0.5) is 0 Å². The van der Waals surface area contributed by atoms with Gasteiger partial charge in [0, 0.05) is 12.7 Å². The highest BCUT2D eigenvalue weighted by molar-refractivity contribution is 7.93. The zero-order chi connectivity index (χ0) is 29.3. The van der Waals surface area contributed by atoms with Crippen LogP contribution in [0.2, 0.25) is 0 Å². The fourth-order valence-corrected chi connectivity index (χ4v) is 10.8. The van der Waals surface area contributed by atoms with Crippen LogP contribution in [0.25, 0.3) is 0 Å². The van der Waals surface area contributed by atoms with Crippen LogP contribution in [0.3, 0.4) is 0 Å². The van der Waals surface area contributed by atoms with Gasteiger partial charge in [0.05, 0.1) is 11.9 Å². The van der Waals surface area contributed by atoms with E-state index in [2.05, 4.69) is 114 Å². The largest absolute Gasteiger partial charge is 0.252 e. The van der Waals surface area contributed by atoms with Gasteiger partial charge in [-0.25, -0.2) is 0 Å². The second-order valence-corrected chi connectivity index (χ2v) is 16.0. The van der Waals surface area contributed by atoms with Crippen molar-refractivity contribution in [2.75, 3.05) is 6.16 Å². The van der Waals surface area contributed by atoms with Crippen LogP contribution in [0.5, 0.6) is 0 Å². The monoisotopic (exact) mass is 584 g/mol. The predicted octanol–water partition coefficient (Wildman–Crippen LogP) is 10.1. The van der Waals surface area contributed by atoms with E-state index in [4.69, 9.17) is 0 Å². The van der Waals surface area contributed by atoms with Crippen LogP contribution >= 0.6 is 7.26 Å². The molecule has 1 aliphatic carbocycles. The second kappa shape index (κ2) is 18.2. The minimum Gasteiger partial charge on any atom is -0.252 e. The lowest BCUT2D eigenvalue weighted by molar-refractivity contribution is 0.513. The maximum absolute atomic E-state index is 4.41. The highest BCUT2D eigenvalue weighted by Gasteiger charge is 2.45. The first kappa shape index (κ1) is 32.4. The van der Waals surface area contributed by atoms with E-state index in [0.29, 0.717) is 5.92 Å². The molecule has 1 aliphatic rings. The number of nitrogens with zero attached hydrogens (tertiary/aromatic N) is 3. The summed E-state index contributed by atoms with van der Waals surface area (Å²) in [4.78, 5) is 0. The Bertz CT molecular complexity index is 1160. The van der Waals surface area contributed by atoms with E-state index in [9.17, 15) is 0 Å². The van der Waals surface area contributed by atoms with Gasteiger partial charge in [0.2, 0.25) is 0 Å². The van der Waals surface area contributed by atoms with Crippen LogP contribution in [0.15, 0.2) is 90.4 Å². The van der Waals surface area contributed by atoms with Gasteiger partial charge >= 0.3 is 0 Å². The summed E-state index contributed by atoms with van der Waals surface area (Å²) < 4.78 is 2.07. The molecular formula is C38H55N3P+. The molecule has 0 fully saturated rings. The van der Waals surface area contributed by atoms with Crippen LogP contribution in [0, 0.1) is 5.92 Å². The van der Waals surface area contributed by atoms with E-state index in [0.717, 1.165) is 19.4 Å². The maximum atomic E-state index is 4.41. The van der Waals surface area contributed by atoms with Gasteiger partial charge in [0.25, 0.3) is 0 Å². The van der Waals surface area contributed by atoms with E-state index < -0.39 is 7.26 Å². The molecule has 42 heavy (non-hydrogen) atoms. The molecule has 1 unspecified atom stereocenters. The number of benzene rings is 2. The van der Waals surface area contributed by atoms with Crippen molar-refractivity contribution in [1.29, 1.82) is 0 Å². The molecule has 2 aromatic carbocycles. The third-order valence-electron chi connectivity index (χ3n) is 8.88. The van der Waals surface area contributed by atoms with Crippen molar-refractivity contribution in [2.45, 2.75) is 117 Å². The molecule has 0 amide bonds. The topological polar surface area (TPSA) is 30.7 Å². The lowest BCUT2D eigenvalue weighted by Gasteiger charge is -2.30. The minimum absolute atomic E-state index is 0.638. The quantitative estimate of drug-likeness (QED) is 0.0977. The Labute approximate surface area is 257 Å². The van der Waals surface area contributed by atoms with Crippen molar-refractivity contribution in [2.24, 2.45) is 5.92 Å². The molecule has 4 heteroatoms. The highest BCUT2D eigenvalue weighted by Crippen LogP contribution is 2.65. The Hall–Kier alpha value is -2.51. The summed E-state index contributed by atoms with van der Waals surface area (Å²) >= 11 is 0. The molecule has 0 spiro atoms. The number of aryl methyl sites for hydroxylation is 2. The molecule has 0 radical (unpaired) electrons. The highest BCUT2D eigenvalue weighted by atomic mass is 31.2. The van der Waals surface area contributed by atoms with Crippen LogP contribution < -0.4 is 10.6 Å². The summed E-state index contributed by atoms with van der Waals surface area (Å²) in [5.41, 5.74) is 1.17.